The third-order valence-electron chi connectivity index (χ3n) is 1.17. The molecule has 1 atom stereocenters. The minimum Gasteiger partial charge on any atom is -0.396 e. The molecule has 0 aromatic rings. The van der Waals surface area contributed by atoms with Gasteiger partial charge in [0.1, 0.15) is 0 Å². The van der Waals surface area contributed by atoms with Crippen molar-refractivity contribution in [2.75, 3.05) is 19.8 Å². The normalized spacial score (nSPS) is 14.1. The van der Waals surface area contributed by atoms with Crippen molar-refractivity contribution in [3.8, 4) is 0 Å². The highest BCUT2D eigenvalue weighted by atomic mass is 16.5. The third kappa shape index (κ3) is 6.05. The number of hydrogen-bond donors (Lipinski definition) is 1. The van der Waals surface area contributed by atoms with Crippen molar-refractivity contribution in [2.45, 2.75) is 20.8 Å². The minimum atomic E-state index is 0.220. The summed E-state index contributed by atoms with van der Waals surface area (Å²) in [5, 5.41) is 8.62. The van der Waals surface area contributed by atoms with Crippen LogP contribution in [0.5, 0.6) is 0 Å². The molecule has 0 radical (unpaired) electrons. The fraction of sp³-hybridized carbons (Fsp3) is 1.00. The van der Waals surface area contributed by atoms with Crippen molar-refractivity contribution in [1.29, 1.82) is 0 Å². The number of ether oxygens (including phenoxy) is 1. The molecule has 0 rings (SSSR count). The van der Waals surface area contributed by atoms with Crippen molar-refractivity contribution in [3.63, 3.8) is 0 Å². The van der Waals surface area contributed by atoms with Crippen LogP contribution < -0.4 is 0 Å². The highest BCUT2D eigenvalue weighted by Gasteiger charge is 1.99. The second kappa shape index (κ2) is 5.69. The minimum absolute atomic E-state index is 0.220. The van der Waals surface area contributed by atoms with Crippen LogP contribution in [0.4, 0.5) is 0 Å². The molecule has 0 aromatic heterocycles. The van der Waals surface area contributed by atoms with E-state index in [-0.39, 0.29) is 12.5 Å². The van der Waals surface area contributed by atoms with E-state index in [2.05, 4.69) is 13.8 Å². The van der Waals surface area contributed by atoms with Gasteiger partial charge in [-0.3, -0.25) is 0 Å². The molecular weight excluding hydrogens is 128 g/mol. The molecule has 62 valence electrons. The summed E-state index contributed by atoms with van der Waals surface area (Å²) in [6, 6.07) is 0. The van der Waals surface area contributed by atoms with Gasteiger partial charge in [-0.25, -0.2) is 0 Å². The van der Waals surface area contributed by atoms with E-state index in [4.69, 9.17) is 9.84 Å². The summed E-state index contributed by atoms with van der Waals surface area (Å²) >= 11 is 0. The van der Waals surface area contributed by atoms with Crippen molar-refractivity contribution < 1.29 is 9.84 Å². The Morgan fingerprint density at radius 2 is 1.80 bits per heavy atom. The van der Waals surface area contributed by atoms with Crippen molar-refractivity contribution in [2.24, 2.45) is 11.8 Å². The van der Waals surface area contributed by atoms with Gasteiger partial charge in [-0.05, 0) is 5.92 Å². The summed E-state index contributed by atoms with van der Waals surface area (Å²) in [7, 11) is 0. The van der Waals surface area contributed by atoms with Gasteiger partial charge in [0.15, 0.2) is 0 Å². The molecule has 0 aliphatic carbocycles. The quantitative estimate of drug-likeness (QED) is 0.633. The summed E-state index contributed by atoms with van der Waals surface area (Å²) < 4.78 is 5.29. The Balaban J connectivity index is 3.03. The zero-order chi connectivity index (χ0) is 7.98. The maximum absolute atomic E-state index is 8.62. The Morgan fingerprint density at radius 3 is 2.20 bits per heavy atom. The van der Waals surface area contributed by atoms with Crippen LogP contribution in [0, 0.1) is 11.8 Å². The van der Waals surface area contributed by atoms with Gasteiger partial charge in [0.25, 0.3) is 0 Å². The smallest absolute Gasteiger partial charge is 0.0513 e. The number of hydrogen-bond acceptors (Lipinski definition) is 2. The maximum Gasteiger partial charge on any atom is 0.0513 e. The predicted molar refractivity (Wildman–Crippen MR) is 41.9 cm³/mol. The van der Waals surface area contributed by atoms with Crippen LogP contribution in [0.3, 0.4) is 0 Å². The van der Waals surface area contributed by atoms with Crippen LogP contribution in [0.2, 0.25) is 0 Å². The summed E-state index contributed by atoms with van der Waals surface area (Å²) in [5.41, 5.74) is 0. The van der Waals surface area contributed by atoms with Crippen LogP contribution in [0.1, 0.15) is 20.8 Å². The van der Waals surface area contributed by atoms with E-state index in [0.29, 0.717) is 12.5 Å². The van der Waals surface area contributed by atoms with Crippen molar-refractivity contribution in [3.05, 3.63) is 0 Å². The SMILES string of the molecule is CC(C)COCC(C)CO. The average Bonchev–Trinajstić information content (AvgIpc) is 1.87. The van der Waals surface area contributed by atoms with Crippen LogP contribution in [0.15, 0.2) is 0 Å². The lowest BCUT2D eigenvalue weighted by molar-refractivity contribution is 0.0642. The van der Waals surface area contributed by atoms with E-state index in [1.165, 1.54) is 0 Å². The fourth-order valence-corrected chi connectivity index (χ4v) is 0.558. The van der Waals surface area contributed by atoms with E-state index >= 15 is 0 Å². The molecule has 2 nitrogen and oxygen atoms in total. The Morgan fingerprint density at radius 1 is 1.20 bits per heavy atom. The standard InChI is InChI=1S/C8H18O2/c1-7(2)5-10-6-8(3)4-9/h7-9H,4-6H2,1-3H3. The summed E-state index contributed by atoms with van der Waals surface area (Å²) in [6.07, 6.45) is 0. The first-order valence-electron chi connectivity index (χ1n) is 3.85. The molecule has 10 heavy (non-hydrogen) atoms. The third-order valence-corrected chi connectivity index (χ3v) is 1.17. The van der Waals surface area contributed by atoms with Gasteiger partial charge < -0.3 is 9.84 Å². The van der Waals surface area contributed by atoms with E-state index in [1.807, 2.05) is 6.92 Å². The van der Waals surface area contributed by atoms with Gasteiger partial charge >= 0.3 is 0 Å². The molecule has 0 spiro atoms. The first kappa shape index (κ1) is 9.92. The molecule has 0 bridgehead atoms. The maximum atomic E-state index is 8.62. The van der Waals surface area contributed by atoms with Crippen molar-refractivity contribution in [1.82, 2.24) is 0 Å². The van der Waals surface area contributed by atoms with Crippen LogP contribution in [-0.4, -0.2) is 24.9 Å². The van der Waals surface area contributed by atoms with Crippen molar-refractivity contribution >= 4 is 0 Å². The highest BCUT2D eigenvalue weighted by molar-refractivity contribution is 4.47. The Bertz CT molecular complexity index is 71.7. The highest BCUT2D eigenvalue weighted by Crippen LogP contribution is 1.97. The molecular formula is C8H18O2. The van der Waals surface area contributed by atoms with E-state index in [1.54, 1.807) is 0 Å². The van der Waals surface area contributed by atoms with E-state index in [0.717, 1.165) is 6.61 Å². The van der Waals surface area contributed by atoms with Crippen LogP contribution >= 0.6 is 0 Å². The molecule has 0 fully saturated rings. The zero-order valence-electron chi connectivity index (χ0n) is 7.13. The lowest BCUT2D eigenvalue weighted by Crippen LogP contribution is -2.12. The summed E-state index contributed by atoms with van der Waals surface area (Å²) in [4.78, 5) is 0. The zero-order valence-corrected chi connectivity index (χ0v) is 7.13. The monoisotopic (exact) mass is 146 g/mol. The van der Waals surface area contributed by atoms with Gasteiger partial charge in [-0.2, -0.15) is 0 Å². The topological polar surface area (TPSA) is 29.5 Å². The number of aliphatic hydroxyl groups is 1. The molecule has 0 saturated heterocycles. The lowest BCUT2D eigenvalue weighted by Gasteiger charge is -2.09. The average molecular weight is 146 g/mol. The first-order valence-corrected chi connectivity index (χ1v) is 3.85. The van der Waals surface area contributed by atoms with Gasteiger partial charge in [0.05, 0.1) is 6.61 Å². The molecule has 1 unspecified atom stereocenters. The van der Waals surface area contributed by atoms with Gasteiger partial charge in [0, 0.05) is 19.1 Å². The van der Waals surface area contributed by atoms with Gasteiger partial charge in [-0.15, -0.1) is 0 Å². The van der Waals surface area contributed by atoms with Crippen LogP contribution in [-0.2, 0) is 4.74 Å². The summed E-state index contributed by atoms with van der Waals surface area (Å²) in [6.45, 7) is 7.89. The molecule has 1 N–H and O–H groups in total. The number of aliphatic hydroxyl groups excluding tert-OH is 1. The Hall–Kier alpha value is -0.0800. The lowest BCUT2D eigenvalue weighted by atomic mass is 10.2. The van der Waals surface area contributed by atoms with E-state index < -0.39 is 0 Å². The predicted octanol–water partition coefficient (Wildman–Crippen LogP) is 1.29. The van der Waals surface area contributed by atoms with Gasteiger partial charge in [0.2, 0.25) is 0 Å². The summed E-state index contributed by atoms with van der Waals surface area (Å²) in [5.74, 6) is 0.865. The molecule has 2 heteroatoms. The Labute approximate surface area is 63.2 Å². The number of rotatable bonds is 5. The molecule has 0 aromatic carbocycles. The Kier molecular flexibility index (Phi) is 5.64. The molecule has 0 heterocycles. The second-order valence-corrected chi connectivity index (χ2v) is 3.22. The fourth-order valence-electron chi connectivity index (χ4n) is 0.558. The molecule has 0 saturated carbocycles. The molecule has 0 aliphatic heterocycles. The molecule has 0 amide bonds. The van der Waals surface area contributed by atoms with E-state index in [9.17, 15) is 0 Å². The largest absolute Gasteiger partial charge is 0.396 e. The first-order chi connectivity index (χ1) is 4.66. The van der Waals surface area contributed by atoms with Crippen LogP contribution in [0.25, 0.3) is 0 Å². The molecule has 0 aliphatic rings. The second-order valence-electron chi connectivity index (χ2n) is 3.22. The van der Waals surface area contributed by atoms with Gasteiger partial charge in [-0.1, -0.05) is 20.8 Å².